The van der Waals surface area contributed by atoms with Crippen LogP contribution in [0.15, 0.2) is 0 Å². The van der Waals surface area contributed by atoms with Gasteiger partial charge in [0.15, 0.2) is 0 Å². The molecule has 0 aromatic heterocycles. The second-order valence-corrected chi connectivity index (χ2v) is 3.63. The predicted molar refractivity (Wildman–Crippen MR) is 52.8 cm³/mol. The minimum absolute atomic E-state index is 0.135. The Morgan fingerprint density at radius 1 is 1.23 bits per heavy atom. The van der Waals surface area contributed by atoms with Crippen LogP contribution in [0.4, 0.5) is 0 Å². The van der Waals surface area contributed by atoms with Crippen molar-refractivity contribution in [2.75, 3.05) is 26.4 Å². The van der Waals surface area contributed by atoms with Gasteiger partial charge in [-0.15, -0.1) is 0 Å². The van der Waals surface area contributed by atoms with Gasteiger partial charge in [0.25, 0.3) is 0 Å². The molecule has 1 rings (SSSR count). The summed E-state index contributed by atoms with van der Waals surface area (Å²) in [6.45, 7) is 2.43. The van der Waals surface area contributed by atoms with Gasteiger partial charge in [-0.1, -0.05) is 12.8 Å². The van der Waals surface area contributed by atoms with Crippen molar-refractivity contribution in [2.24, 2.45) is 0 Å². The van der Waals surface area contributed by atoms with E-state index in [0.717, 1.165) is 25.6 Å². The highest BCUT2D eigenvalue weighted by Crippen LogP contribution is 2.17. The Kier molecular flexibility index (Phi) is 6.15. The molecule has 0 bridgehead atoms. The first-order valence-electron chi connectivity index (χ1n) is 5.35. The van der Waals surface area contributed by atoms with Crippen molar-refractivity contribution in [1.29, 1.82) is 0 Å². The van der Waals surface area contributed by atoms with Crippen LogP contribution in [0.3, 0.4) is 0 Å². The van der Waals surface area contributed by atoms with Gasteiger partial charge in [0.05, 0.1) is 13.2 Å². The summed E-state index contributed by atoms with van der Waals surface area (Å²) in [7, 11) is 0. The lowest BCUT2D eigenvalue weighted by Gasteiger charge is -2.11. The third-order valence-corrected chi connectivity index (χ3v) is 2.49. The smallest absolute Gasteiger partial charge is 0.0697 e. The molecule has 1 aliphatic carbocycles. The molecule has 2 N–H and O–H groups in total. The standard InChI is InChI=1S/C10H21NO2/c12-7-9-13-8-3-6-11-10-4-1-2-5-10/h10-12H,1-9H2. The summed E-state index contributed by atoms with van der Waals surface area (Å²) in [6, 6.07) is 0.762. The molecule has 78 valence electrons. The largest absolute Gasteiger partial charge is 0.394 e. The molecule has 0 heterocycles. The first kappa shape index (κ1) is 11.0. The Labute approximate surface area is 80.5 Å². The van der Waals surface area contributed by atoms with Crippen LogP contribution < -0.4 is 5.32 Å². The van der Waals surface area contributed by atoms with Gasteiger partial charge >= 0.3 is 0 Å². The van der Waals surface area contributed by atoms with Crippen molar-refractivity contribution < 1.29 is 9.84 Å². The van der Waals surface area contributed by atoms with Gasteiger partial charge in [-0.25, -0.2) is 0 Å². The first-order valence-corrected chi connectivity index (χ1v) is 5.35. The molecule has 0 radical (unpaired) electrons. The second kappa shape index (κ2) is 7.30. The molecular formula is C10H21NO2. The average Bonchev–Trinajstić information content (AvgIpc) is 2.63. The topological polar surface area (TPSA) is 41.5 Å². The predicted octanol–water partition coefficient (Wildman–Crippen LogP) is 0.918. The molecule has 0 aromatic rings. The van der Waals surface area contributed by atoms with Gasteiger partial charge in [-0.2, -0.15) is 0 Å². The number of nitrogens with one attached hydrogen (secondary N) is 1. The Morgan fingerprint density at radius 3 is 2.69 bits per heavy atom. The van der Waals surface area contributed by atoms with Gasteiger partial charge in [-0.05, 0) is 25.8 Å². The summed E-state index contributed by atoms with van der Waals surface area (Å²) < 4.78 is 5.16. The van der Waals surface area contributed by atoms with Gasteiger partial charge in [0.2, 0.25) is 0 Å². The van der Waals surface area contributed by atoms with E-state index in [-0.39, 0.29) is 6.61 Å². The van der Waals surface area contributed by atoms with E-state index in [1.54, 1.807) is 0 Å². The highest BCUT2D eigenvalue weighted by Gasteiger charge is 2.12. The maximum Gasteiger partial charge on any atom is 0.0697 e. The first-order chi connectivity index (χ1) is 6.43. The van der Waals surface area contributed by atoms with Gasteiger partial charge < -0.3 is 15.2 Å². The number of rotatable bonds is 7. The van der Waals surface area contributed by atoms with E-state index >= 15 is 0 Å². The van der Waals surface area contributed by atoms with Crippen molar-refractivity contribution in [2.45, 2.75) is 38.1 Å². The Morgan fingerprint density at radius 2 is 2.00 bits per heavy atom. The van der Waals surface area contributed by atoms with Crippen molar-refractivity contribution >= 4 is 0 Å². The minimum atomic E-state index is 0.135. The van der Waals surface area contributed by atoms with Crippen LogP contribution in [0.5, 0.6) is 0 Å². The molecule has 1 fully saturated rings. The maximum atomic E-state index is 8.45. The summed E-state index contributed by atoms with van der Waals surface area (Å²) in [5.74, 6) is 0. The molecular weight excluding hydrogens is 166 g/mol. The third-order valence-electron chi connectivity index (χ3n) is 2.49. The molecule has 0 spiro atoms. The van der Waals surface area contributed by atoms with E-state index in [2.05, 4.69) is 5.32 Å². The van der Waals surface area contributed by atoms with E-state index in [1.807, 2.05) is 0 Å². The van der Waals surface area contributed by atoms with Crippen molar-refractivity contribution in [3.8, 4) is 0 Å². The number of ether oxygens (including phenoxy) is 1. The highest BCUT2D eigenvalue weighted by molar-refractivity contribution is 4.72. The molecule has 0 saturated heterocycles. The Hall–Kier alpha value is -0.120. The number of hydrogen-bond donors (Lipinski definition) is 2. The lowest BCUT2D eigenvalue weighted by molar-refractivity contribution is 0.0904. The average molecular weight is 187 g/mol. The molecule has 3 nitrogen and oxygen atoms in total. The number of aliphatic hydroxyl groups is 1. The zero-order chi connectivity index (χ0) is 9.36. The highest BCUT2D eigenvalue weighted by atomic mass is 16.5. The maximum absolute atomic E-state index is 8.45. The van der Waals surface area contributed by atoms with Gasteiger partial charge in [-0.3, -0.25) is 0 Å². The zero-order valence-corrected chi connectivity index (χ0v) is 8.30. The fourth-order valence-electron chi connectivity index (χ4n) is 1.78. The van der Waals surface area contributed by atoms with Crippen LogP contribution in [0.25, 0.3) is 0 Å². The summed E-state index contributed by atoms with van der Waals surface area (Å²) in [4.78, 5) is 0. The molecule has 13 heavy (non-hydrogen) atoms. The van der Waals surface area contributed by atoms with Crippen LogP contribution in [0, 0.1) is 0 Å². The molecule has 0 atom stereocenters. The molecule has 3 heteroatoms. The molecule has 0 aromatic carbocycles. The van der Waals surface area contributed by atoms with Gasteiger partial charge in [0, 0.05) is 12.6 Å². The molecule has 1 aliphatic rings. The lowest BCUT2D eigenvalue weighted by Crippen LogP contribution is -2.27. The molecule has 0 amide bonds. The van der Waals surface area contributed by atoms with Crippen LogP contribution in [-0.4, -0.2) is 37.5 Å². The van der Waals surface area contributed by atoms with E-state index in [9.17, 15) is 0 Å². The lowest BCUT2D eigenvalue weighted by atomic mass is 10.2. The van der Waals surface area contributed by atoms with E-state index < -0.39 is 0 Å². The summed E-state index contributed by atoms with van der Waals surface area (Å²) in [5.41, 5.74) is 0. The third kappa shape index (κ3) is 5.24. The van der Waals surface area contributed by atoms with Crippen molar-refractivity contribution in [1.82, 2.24) is 5.32 Å². The van der Waals surface area contributed by atoms with E-state index in [1.165, 1.54) is 25.7 Å². The van der Waals surface area contributed by atoms with Crippen LogP contribution in [0.2, 0.25) is 0 Å². The van der Waals surface area contributed by atoms with Crippen LogP contribution in [0.1, 0.15) is 32.1 Å². The monoisotopic (exact) mass is 187 g/mol. The Balaban J connectivity index is 1.78. The van der Waals surface area contributed by atoms with Crippen LogP contribution in [-0.2, 0) is 4.74 Å². The summed E-state index contributed by atoms with van der Waals surface area (Å²) in [6.07, 6.45) is 6.52. The number of aliphatic hydroxyl groups excluding tert-OH is 1. The second-order valence-electron chi connectivity index (χ2n) is 3.63. The zero-order valence-electron chi connectivity index (χ0n) is 8.30. The van der Waals surface area contributed by atoms with Crippen LogP contribution >= 0.6 is 0 Å². The minimum Gasteiger partial charge on any atom is -0.394 e. The van der Waals surface area contributed by atoms with Gasteiger partial charge in [0.1, 0.15) is 0 Å². The molecule has 0 unspecified atom stereocenters. The Bertz CT molecular complexity index is 113. The molecule has 0 aliphatic heterocycles. The fraction of sp³-hybridized carbons (Fsp3) is 1.00. The number of hydrogen-bond acceptors (Lipinski definition) is 3. The quantitative estimate of drug-likeness (QED) is 0.582. The van der Waals surface area contributed by atoms with E-state index in [4.69, 9.17) is 9.84 Å². The normalized spacial score (nSPS) is 18.2. The van der Waals surface area contributed by atoms with E-state index in [0.29, 0.717) is 6.61 Å². The summed E-state index contributed by atoms with van der Waals surface area (Å²) >= 11 is 0. The SMILES string of the molecule is OCCOCCCNC1CCCC1. The van der Waals surface area contributed by atoms with Crippen molar-refractivity contribution in [3.63, 3.8) is 0 Å². The molecule has 1 saturated carbocycles. The fourth-order valence-corrected chi connectivity index (χ4v) is 1.78. The van der Waals surface area contributed by atoms with Crippen molar-refractivity contribution in [3.05, 3.63) is 0 Å². The summed E-state index contributed by atoms with van der Waals surface area (Å²) in [5, 5.41) is 12.0.